The van der Waals surface area contributed by atoms with Crippen LogP contribution in [-0.4, -0.2) is 29.7 Å². The highest BCUT2D eigenvalue weighted by Gasteiger charge is 2.28. The molecule has 6 nitrogen and oxygen atoms in total. The van der Waals surface area contributed by atoms with Crippen LogP contribution in [0.15, 0.2) is 76.6 Å². The Kier molecular flexibility index (Phi) is 5.52. The topological polar surface area (TPSA) is 71.7 Å². The molecule has 2 heterocycles. The van der Waals surface area contributed by atoms with E-state index in [1.54, 1.807) is 0 Å². The molecule has 0 spiro atoms. The van der Waals surface area contributed by atoms with Crippen LogP contribution in [0.2, 0.25) is 0 Å². The van der Waals surface area contributed by atoms with Crippen molar-refractivity contribution in [3.63, 3.8) is 0 Å². The van der Waals surface area contributed by atoms with E-state index in [1.165, 1.54) is 45.5 Å². The number of carbonyl (C=O) groups is 1. The van der Waals surface area contributed by atoms with Crippen molar-refractivity contribution in [3.8, 4) is 0 Å². The van der Waals surface area contributed by atoms with Gasteiger partial charge in [0.2, 0.25) is 10.0 Å². The van der Waals surface area contributed by atoms with Gasteiger partial charge in [0, 0.05) is 25.7 Å². The van der Waals surface area contributed by atoms with Crippen LogP contribution in [0.4, 0.5) is 0 Å². The van der Waals surface area contributed by atoms with E-state index >= 15 is 0 Å². The zero-order valence-corrected chi connectivity index (χ0v) is 20.0. The molecule has 5 rings (SSSR count). The van der Waals surface area contributed by atoms with Crippen LogP contribution in [0, 0.1) is 6.92 Å². The van der Waals surface area contributed by atoms with Crippen molar-refractivity contribution >= 4 is 37.5 Å². The summed E-state index contributed by atoms with van der Waals surface area (Å²) in [6, 6.07) is 20.1. The van der Waals surface area contributed by atoms with Gasteiger partial charge in [-0.1, -0.05) is 41.7 Å². The van der Waals surface area contributed by atoms with Gasteiger partial charge >= 0.3 is 0 Å². The Balaban J connectivity index is 1.40. The number of benzene rings is 3. The lowest BCUT2D eigenvalue weighted by Crippen LogP contribution is -2.35. The highest BCUT2D eigenvalue weighted by atomic mass is 32.2. The third-order valence-electron chi connectivity index (χ3n) is 6.00. The van der Waals surface area contributed by atoms with Gasteiger partial charge in [-0.15, -0.1) is 0 Å². The Morgan fingerprint density at radius 3 is 2.48 bits per heavy atom. The molecule has 0 radical (unpaired) electrons. The largest absolute Gasteiger partial charge is 0.319 e. The normalized spacial score (nSPS) is 15.0. The molecule has 0 aliphatic carbocycles. The van der Waals surface area contributed by atoms with Gasteiger partial charge in [-0.05, 0) is 66.4 Å². The summed E-state index contributed by atoms with van der Waals surface area (Å²) in [6.45, 7) is 2.83. The monoisotopic (exact) mass is 477 g/mol. The highest BCUT2D eigenvalue weighted by Crippen LogP contribution is 2.25. The molecule has 33 heavy (non-hydrogen) atoms. The summed E-state index contributed by atoms with van der Waals surface area (Å²) in [5.74, 6) is -0.398. The first-order valence-corrected chi connectivity index (χ1v) is 12.9. The lowest BCUT2D eigenvalue weighted by molar-refractivity contribution is 0.0998. The molecule has 0 atom stereocenters. The average Bonchev–Trinajstić information content (AvgIpc) is 3.12. The van der Waals surface area contributed by atoms with Crippen molar-refractivity contribution in [2.75, 3.05) is 6.54 Å². The van der Waals surface area contributed by atoms with Crippen LogP contribution in [0.5, 0.6) is 0 Å². The van der Waals surface area contributed by atoms with E-state index in [1.807, 2.05) is 54.9 Å². The summed E-state index contributed by atoms with van der Waals surface area (Å²) in [7, 11) is -1.76. The third-order valence-corrected chi connectivity index (χ3v) is 8.95. The number of aryl methyl sites for hydroxylation is 2. The van der Waals surface area contributed by atoms with Gasteiger partial charge in [-0.25, -0.2) is 8.42 Å². The molecule has 0 bridgehead atoms. The van der Waals surface area contributed by atoms with Gasteiger partial charge < -0.3 is 4.57 Å². The fourth-order valence-electron chi connectivity index (χ4n) is 4.09. The Bertz CT molecular complexity index is 1550. The number of amides is 1. The van der Waals surface area contributed by atoms with E-state index < -0.39 is 15.9 Å². The Hall–Kier alpha value is -3.07. The van der Waals surface area contributed by atoms with E-state index in [0.717, 1.165) is 21.3 Å². The van der Waals surface area contributed by atoms with Crippen molar-refractivity contribution in [1.82, 2.24) is 8.87 Å². The van der Waals surface area contributed by atoms with Crippen LogP contribution in [0.3, 0.4) is 0 Å². The molecule has 0 unspecified atom stereocenters. The number of sulfonamides is 1. The molecular weight excluding hydrogens is 454 g/mol. The molecule has 3 aromatic carbocycles. The molecule has 0 fully saturated rings. The zero-order chi connectivity index (χ0) is 23.2. The summed E-state index contributed by atoms with van der Waals surface area (Å²) in [5.41, 5.74) is 4.74. The highest BCUT2D eigenvalue weighted by molar-refractivity contribution is 7.89. The first-order valence-electron chi connectivity index (χ1n) is 10.7. The molecule has 8 heteroatoms. The maximum absolute atomic E-state index is 13.2. The SMILES string of the molecule is Cc1ccc2c(c1)sc(=NC(=O)c1ccc(S(=O)(=O)N3CCc4ccccc4C3)cc1)n2C. The van der Waals surface area contributed by atoms with Crippen LogP contribution in [0.25, 0.3) is 10.2 Å². The zero-order valence-electron chi connectivity index (χ0n) is 18.4. The van der Waals surface area contributed by atoms with Gasteiger partial charge in [0.15, 0.2) is 4.80 Å². The minimum absolute atomic E-state index is 0.182. The minimum atomic E-state index is -3.64. The van der Waals surface area contributed by atoms with Crippen LogP contribution >= 0.6 is 11.3 Å². The van der Waals surface area contributed by atoms with Crippen molar-refractivity contribution in [1.29, 1.82) is 0 Å². The summed E-state index contributed by atoms with van der Waals surface area (Å²) in [5, 5.41) is 0. The van der Waals surface area contributed by atoms with Crippen molar-refractivity contribution in [2.45, 2.75) is 24.8 Å². The lowest BCUT2D eigenvalue weighted by atomic mass is 10.0. The van der Waals surface area contributed by atoms with E-state index in [0.29, 0.717) is 29.9 Å². The van der Waals surface area contributed by atoms with Gasteiger partial charge in [0.25, 0.3) is 5.91 Å². The van der Waals surface area contributed by atoms with E-state index in [4.69, 9.17) is 0 Å². The Morgan fingerprint density at radius 1 is 1.00 bits per heavy atom. The molecule has 1 aromatic heterocycles. The number of rotatable bonds is 3. The van der Waals surface area contributed by atoms with Crippen LogP contribution < -0.4 is 4.80 Å². The molecule has 168 valence electrons. The number of fused-ring (bicyclic) bond motifs is 2. The second-order valence-corrected chi connectivity index (χ2v) is 11.2. The number of hydrogen-bond donors (Lipinski definition) is 0. The first-order chi connectivity index (χ1) is 15.8. The average molecular weight is 478 g/mol. The molecule has 1 aliphatic heterocycles. The van der Waals surface area contributed by atoms with Crippen LogP contribution in [-0.2, 0) is 30.0 Å². The minimum Gasteiger partial charge on any atom is -0.319 e. The fourth-order valence-corrected chi connectivity index (χ4v) is 6.63. The summed E-state index contributed by atoms with van der Waals surface area (Å²) in [6.07, 6.45) is 0.691. The van der Waals surface area contributed by atoms with Gasteiger partial charge in [0.05, 0.1) is 15.1 Å². The van der Waals surface area contributed by atoms with Gasteiger partial charge in [-0.3, -0.25) is 4.79 Å². The number of carbonyl (C=O) groups excluding carboxylic acids is 1. The van der Waals surface area contributed by atoms with Gasteiger partial charge in [0.1, 0.15) is 0 Å². The molecular formula is C25H23N3O3S2. The third kappa shape index (κ3) is 4.06. The predicted molar refractivity (Wildman–Crippen MR) is 130 cm³/mol. The fraction of sp³-hybridized carbons (Fsp3) is 0.200. The second kappa shape index (κ2) is 8.37. The number of aromatic nitrogens is 1. The Labute approximate surface area is 196 Å². The maximum Gasteiger partial charge on any atom is 0.279 e. The molecule has 0 N–H and O–H groups in total. The summed E-state index contributed by atoms with van der Waals surface area (Å²) in [4.78, 5) is 17.8. The van der Waals surface area contributed by atoms with Crippen LogP contribution in [0.1, 0.15) is 27.0 Å². The van der Waals surface area contributed by atoms with Crippen molar-refractivity contribution in [3.05, 3.63) is 93.8 Å². The van der Waals surface area contributed by atoms with E-state index in [9.17, 15) is 13.2 Å². The number of nitrogens with zero attached hydrogens (tertiary/aromatic N) is 3. The van der Waals surface area contributed by atoms with Crippen molar-refractivity contribution < 1.29 is 13.2 Å². The van der Waals surface area contributed by atoms with Gasteiger partial charge in [-0.2, -0.15) is 9.30 Å². The molecule has 0 saturated heterocycles. The second-order valence-electron chi connectivity index (χ2n) is 8.21. The summed E-state index contributed by atoms with van der Waals surface area (Å²) >= 11 is 1.45. The van der Waals surface area contributed by atoms with E-state index in [2.05, 4.69) is 11.1 Å². The molecule has 1 aliphatic rings. The standard InChI is InChI=1S/C25H23N3O3S2/c1-17-7-12-22-23(15-17)32-25(27(22)2)26-24(29)19-8-10-21(11-9-19)33(30,31)28-14-13-18-5-3-4-6-20(18)16-28/h3-12,15H,13-14,16H2,1-2H3. The lowest BCUT2D eigenvalue weighted by Gasteiger charge is -2.28. The summed E-state index contributed by atoms with van der Waals surface area (Å²) < 4.78 is 30.8. The van der Waals surface area contributed by atoms with Crippen molar-refractivity contribution in [2.24, 2.45) is 12.0 Å². The molecule has 4 aromatic rings. The molecule has 0 saturated carbocycles. The first kappa shape index (κ1) is 21.8. The maximum atomic E-state index is 13.2. The number of thiazole rings is 1. The predicted octanol–water partition coefficient (Wildman–Crippen LogP) is 4.04. The number of hydrogen-bond acceptors (Lipinski definition) is 4. The Morgan fingerprint density at radius 2 is 1.73 bits per heavy atom. The van der Waals surface area contributed by atoms with E-state index in [-0.39, 0.29) is 4.90 Å². The molecule has 1 amide bonds. The smallest absolute Gasteiger partial charge is 0.279 e. The quantitative estimate of drug-likeness (QED) is 0.447.